The second-order valence-electron chi connectivity index (χ2n) is 3.77. The number of hydrogen-bond acceptors (Lipinski definition) is 2. The first-order valence-corrected chi connectivity index (χ1v) is 4.99. The van der Waals surface area contributed by atoms with Crippen LogP contribution in [0.2, 0.25) is 0 Å². The lowest BCUT2D eigenvalue weighted by Crippen LogP contribution is -2.15. The zero-order valence-corrected chi connectivity index (χ0v) is 8.36. The van der Waals surface area contributed by atoms with E-state index in [0.29, 0.717) is 0 Å². The Morgan fingerprint density at radius 1 is 1.36 bits per heavy atom. The van der Waals surface area contributed by atoms with Gasteiger partial charge < -0.3 is 10.2 Å². The largest absolute Gasteiger partial charge is 0.461 e. The summed E-state index contributed by atoms with van der Waals surface area (Å²) in [6.07, 6.45) is 1.90. The Morgan fingerprint density at radius 2 is 2.14 bits per heavy atom. The zero-order chi connectivity index (χ0) is 9.97. The first-order valence-electron chi connectivity index (χ1n) is 4.99. The van der Waals surface area contributed by atoms with Crippen molar-refractivity contribution in [1.29, 1.82) is 0 Å². The maximum absolute atomic E-state index is 5.69. The van der Waals surface area contributed by atoms with Crippen molar-refractivity contribution in [3.05, 3.63) is 36.1 Å². The third-order valence-corrected chi connectivity index (χ3v) is 2.32. The van der Waals surface area contributed by atoms with Crippen molar-refractivity contribution < 1.29 is 4.42 Å². The van der Waals surface area contributed by atoms with Gasteiger partial charge in [-0.2, -0.15) is 0 Å². The van der Waals surface area contributed by atoms with Crippen LogP contribution in [0.5, 0.6) is 0 Å². The molecule has 1 aromatic heterocycles. The first-order chi connectivity index (χ1) is 6.75. The molecule has 0 saturated heterocycles. The second kappa shape index (κ2) is 3.84. The summed E-state index contributed by atoms with van der Waals surface area (Å²) in [5, 5.41) is 1.17. The molecule has 2 heteroatoms. The molecule has 0 aliphatic carbocycles. The maximum atomic E-state index is 5.69. The smallest absolute Gasteiger partial charge is 0.134 e. The predicted molar refractivity (Wildman–Crippen MR) is 58.2 cm³/mol. The number of para-hydroxylation sites is 1. The molecule has 2 N–H and O–H groups in total. The lowest BCUT2D eigenvalue weighted by molar-refractivity contribution is 0.522. The van der Waals surface area contributed by atoms with Crippen molar-refractivity contribution in [3.8, 4) is 0 Å². The van der Waals surface area contributed by atoms with Crippen LogP contribution in [-0.2, 0) is 6.42 Å². The van der Waals surface area contributed by atoms with Crippen molar-refractivity contribution in [1.82, 2.24) is 0 Å². The second-order valence-corrected chi connectivity index (χ2v) is 3.77. The Morgan fingerprint density at radius 3 is 2.86 bits per heavy atom. The number of rotatable bonds is 3. The summed E-state index contributed by atoms with van der Waals surface area (Å²) >= 11 is 0. The van der Waals surface area contributed by atoms with Gasteiger partial charge >= 0.3 is 0 Å². The number of nitrogens with two attached hydrogens (primary N) is 1. The Bertz CT molecular complexity index is 384. The van der Waals surface area contributed by atoms with Crippen molar-refractivity contribution >= 4 is 11.0 Å². The maximum Gasteiger partial charge on any atom is 0.134 e. The van der Waals surface area contributed by atoms with E-state index in [1.165, 1.54) is 5.39 Å². The van der Waals surface area contributed by atoms with E-state index in [0.717, 1.165) is 24.2 Å². The highest BCUT2D eigenvalue weighted by atomic mass is 16.3. The molecule has 1 heterocycles. The fourth-order valence-electron chi connectivity index (χ4n) is 1.53. The monoisotopic (exact) mass is 189 g/mol. The van der Waals surface area contributed by atoms with E-state index in [-0.39, 0.29) is 6.04 Å². The van der Waals surface area contributed by atoms with Gasteiger partial charge in [-0.05, 0) is 25.5 Å². The van der Waals surface area contributed by atoms with Gasteiger partial charge in [-0.1, -0.05) is 18.2 Å². The average Bonchev–Trinajstić information content (AvgIpc) is 2.57. The molecule has 74 valence electrons. The van der Waals surface area contributed by atoms with Gasteiger partial charge in [-0.25, -0.2) is 0 Å². The molecule has 0 aliphatic rings. The molecule has 0 amide bonds. The molecule has 1 atom stereocenters. The Labute approximate surface area is 83.7 Å². The molecule has 1 unspecified atom stereocenters. The van der Waals surface area contributed by atoms with Crippen LogP contribution in [-0.4, -0.2) is 6.04 Å². The van der Waals surface area contributed by atoms with E-state index in [2.05, 4.69) is 12.1 Å². The van der Waals surface area contributed by atoms with Crippen molar-refractivity contribution in [3.63, 3.8) is 0 Å². The van der Waals surface area contributed by atoms with Crippen molar-refractivity contribution in [2.75, 3.05) is 0 Å². The lowest BCUT2D eigenvalue weighted by atomic mass is 10.1. The first kappa shape index (κ1) is 9.28. The summed E-state index contributed by atoms with van der Waals surface area (Å²) in [5.74, 6) is 1.03. The molecule has 0 fully saturated rings. The highest BCUT2D eigenvalue weighted by Crippen LogP contribution is 2.19. The lowest BCUT2D eigenvalue weighted by Gasteiger charge is -2.00. The van der Waals surface area contributed by atoms with Gasteiger partial charge in [0.25, 0.3) is 0 Å². The number of benzene rings is 1. The van der Waals surface area contributed by atoms with E-state index in [4.69, 9.17) is 10.2 Å². The minimum Gasteiger partial charge on any atom is -0.461 e. The van der Waals surface area contributed by atoms with E-state index < -0.39 is 0 Å². The topological polar surface area (TPSA) is 39.2 Å². The van der Waals surface area contributed by atoms with Gasteiger partial charge in [0.05, 0.1) is 0 Å². The van der Waals surface area contributed by atoms with Gasteiger partial charge in [0.1, 0.15) is 11.3 Å². The molecule has 2 rings (SSSR count). The van der Waals surface area contributed by atoms with E-state index >= 15 is 0 Å². The third kappa shape index (κ3) is 1.96. The van der Waals surface area contributed by atoms with Gasteiger partial charge in [0.2, 0.25) is 0 Å². The summed E-state index contributed by atoms with van der Waals surface area (Å²) in [6, 6.07) is 10.4. The number of furan rings is 1. The summed E-state index contributed by atoms with van der Waals surface area (Å²) < 4.78 is 5.66. The number of hydrogen-bond donors (Lipinski definition) is 1. The zero-order valence-electron chi connectivity index (χ0n) is 8.36. The molecule has 0 saturated carbocycles. The highest BCUT2D eigenvalue weighted by Gasteiger charge is 2.03. The normalized spacial score (nSPS) is 13.3. The van der Waals surface area contributed by atoms with Gasteiger partial charge in [0.15, 0.2) is 0 Å². The quantitative estimate of drug-likeness (QED) is 0.806. The van der Waals surface area contributed by atoms with Crippen LogP contribution in [0, 0.1) is 0 Å². The van der Waals surface area contributed by atoms with E-state index in [1.807, 2.05) is 25.1 Å². The molecule has 0 aliphatic heterocycles. The number of aryl methyl sites for hydroxylation is 1. The molecule has 0 bridgehead atoms. The average molecular weight is 189 g/mol. The SMILES string of the molecule is CC(N)CCc1cc2ccccc2o1. The summed E-state index contributed by atoms with van der Waals surface area (Å²) in [6.45, 7) is 2.02. The predicted octanol–water partition coefficient (Wildman–Crippen LogP) is 2.71. The summed E-state index contributed by atoms with van der Waals surface area (Å²) in [5.41, 5.74) is 6.66. The standard InChI is InChI=1S/C12H15NO/c1-9(13)6-7-11-8-10-4-2-3-5-12(10)14-11/h2-5,8-9H,6-7,13H2,1H3. The number of fused-ring (bicyclic) bond motifs is 1. The molecule has 0 radical (unpaired) electrons. The van der Waals surface area contributed by atoms with Gasteiger partial charge in [-0.15, -0.1) is 0 Å². The molecular weight excluding hydrogens is 174 g/mol. The van der Waals surface area contributed by atoms with Crippen LogP contribution in [0.3, 0.4) is 0 Å². The highest BCUT2D eigenvalue weighted by molar-refractivity contribution is 5.77. The van der Waals surface area contributed by atoms with Crippen molar-refractivity contribution in [2.24, 2.45) is 5.73 Å². The Hall–Kier alpha value is -1.28. The Balaban J connectivity index is 2.19. The fourth-order valence-corrected chi connectivity index (χ4v) is 1.53. The van der Waals surface area contributed by atoms with Crippen LogP contribution < -0.4 is 5.73 Å². The minimum atomic E-state index is 0.239. The molecule has 2 aromatic rings. The fraction of sp³-hybridized carbons (Fsp3) is 0.333. The van der Waals surface area contributed by atoms with Crippen LogP contribution in [0.4, 0.5) is 0 Å². The Kier molecular flexibility index (Phi) is 2.55. The van der Waals surface area contributed by atoms with Gasteiger partial charge in [0, 0.05) is 17.8 Å². The molecule has 2 nitrogen and oxygen atoms in total. The summed E-state index contributed by atoms with van der Waals surface area (Å²) in [4.78, 5) is 0. The molecular formula is C12H15NO. The van der Waals surface area contributed by atoms with E-state index in [1.54, 1.807) is 0 Å². The van der Waals surface area contributed by atoms with Crippen molar-refractivity contribution in [2.45, 2.75) is 25.8 Å². The third-order valence-electron chi connectivity index (χ3n) is 2.32. The van der Waals surface area contributed by atoms with Crippen LogP contribution in [0.15, 0.2) is 34.7 Å². The van der Waals surface area contributed by atoms with Crippen LogP contribution >= 0.6 is 0 Å². The van der Waals surface area contributed by atoms with Crippen LogP contribution in [0.1, 0.15) is 19.1 Å². The van der Waals surface area contributed by atoms with E-state index in [9.17, 15) is 0 Å². The molecule has 0 spiro atoms. The van der Waals surface area contributed by atoms with Gasteiger partial charge in [-0.3, -0.25) is 0 Å². The van der Waals surface area contributed by atoms with Crippen LogP contribution in [0.25, 0.3) is 11.0 Å². The molecule has 1 aromatic carbocycles. The minimum absolute atomic E-state index is 0.239. The molecule has 14 heavy (non-hydrogen) atoms. The summed E-state index contributed by atoms with van der Waals surface area (Å²) in [7, 11) is 0.